The Balaban J connectivity index is 1.38. The molecule has 0 bridgehead atoms. The normalized spacial score (nSPS) is 11.5. The average Bonchev–Trinajstić information content (AvgIpc) is 3.22. The van der Waals surface area contributed by atoms with Crippen molar-refractivity contribution in [2.24, 2.45) is 0 Å². The fourth-order valence-corrected chi connectivity index (χ4v) is 4.09. The van der Waals surface area contributed by atoms with Crippen molar-refractivity contribution in [2.75, 3.05) is 5.32 Å². The maximum Gasteiger partial charge on any atom is 0.275 e. The Morgan fingerprint density at radius 2 is 1.79 bits per heavy atom. The second-order valence-electron chi connectivity index (χ2n) is 8.72. The molecule has 0 radical (unpaired) electrons. The van der Waals surface area contributed by atoms with Gasteiger partial charge in [-0.2, -0.15) is 9.61 Å². The average molecular weight is 463 g/mol. The molecule has 170 valence electrons. The predicted octanol–water partition coefficient (Wildman–Crippen LogP) is 4.84. The van der Waals surface area contributed by atoms with E-state index in [1.807, 2.05) is 31.2 Å². The van der Waals surface area contributed by atoms with Crippen molar-refractivity contribution in [3.8, 4) is 5.75 Å². The number of hydrogen-bond donors (Lipinski definition) is 1. The van der Waals surface area contributed by atoms with Gasteiger partial charge in [-0.1, -0.05) is 51.2 Å². The molecule has 0 atom stereocenters. The number of nitrogens with zero attached hydrogens (tertiary/aromatic N) is 3. The van der Waals surface area contributed by atoms with Gasteiger partial charge < -0.3 is 10.1 Å². The van der Waals surface area contributed by atoms with E-state index in [9.17, 15) is 9.59 Å². The Kier molecular flexibility index (Phi) is 6.29. The number of carbonyl (C=O) groups excluding carboxylic acids is 1. The van der Waals surface area contributed by atoms with E-state index in [2.05, 4.69) is 36.2 Å². The van der Waals surface area contributed by atoms with Crippen molar-refractivity contribution in [3.05, 3.63) is 86.8 Å². The maximum atomic E-state index is 12.5. The minimum Gasteiger partial charge on any atom is -0.487 e. The van der Waals surface area contributed by atoms with Crippen LogP contribution < -0.4 is 15.6 Å². The molecular weight excluding hydrogens is 436 g/mol. The Morgan fingerprint density at radius 1 is 1.09 bits per heavy atom. The summed E-state index contributed by atoms with van der Waals surface area (Å²) in [6.45, 7) is 8.57. The quantitative estimate of drug-likeness (QED) is 0.443. The monoisotopic (exact) mass is 462 g/mol. The Morgan fingerprint density at radius 3 is 2.42 bits per heavy atom. The minimum atomic E-state index is -0.219. The minimum absolute atomic E-state index is 0.0410. The van der Waals surface area contributed by atoms with Crippen molar-refractivity contribution in [1.82, 2.24) is 14.6 Å². The summed E-state index contributed by atoms with van der Waals surface area (Å²) in [4.78, 5) is 29.8. The van der Waals surface area contributed by atoms with E-state index in [0.717, 1.165) is 11.4 Å². The molecule has 8 heteroatoms. The van der Waals surface area contributed by atoms with E-state index in [4.69, 9.17) is 4.74 Å². The van der Waals surface area contributed by atoms with Crippen LogP contribution >= 0.6 is 11.3 Å². The fourth-order valence-electron chi connectivity index (χ4n) is 3.23. The molecule has 1 amide bonds. The molecular formula is C25H26N4O3S. The molecule has 0 saturated carbocycles. The number of aromatic nitrogens is 3. The van der Waals surface area contributed by atoms with E-state index in [1.165, 1.54) is 27.5 Å². The van der Waals surface area contributed by atoms with Gasteiger partial charge in [0, 0.05) is 17.3 Å². The molecule has 0 aliphatic carbocycles. The lowest BCUT2D eigenvalue weighted by Crippen LogP contribution is -2.16. The van der Waals surface area contributed by atoms with Crippen molar-refractivity contribution in [3.63, 3.8) is 0 Å². The highest BCUT2D eigenvalue weighted by Crippen LogP contribution is 2.23. The number of ether oxygens (including phenoxy) is 1. The SMILES string of the molecule is CCc1nn2c(=O)cc(COc3ccc(NC(=O)c4ccc(C(C)(C)C)cc4)cc3)nc2s1. The van der Waals surface area contributed by atoms with Gasteiger partial charge in [-0.3, -0.25) is 9.59 Å². The standard InChI is InChI=1S/C25H26N4O3S/c1-5-21-28-29-22(30)14-19(27-24(29)33-21)15-32-20-12-10-18(11-13-20)26-23(31)16-6-8-17(9-7-16)25(2,3)4/h6-14H,5,15H2,1-4H3,(H,26,31). The molecule has 33 heavy (non-hydrogen) atoms. The third-order valence-corrected chi connectivity index (χ3v) is 6.21. The second kappa shape index (κ2) is 9.15. The summed E-state index contributed by atoms with van der Waals surface area (Å²) in [5.74, 6) is 0.446. The number of carbonyl (C=O) groups is 1. The number of aryl methyl sites for hydroxylation is 1. The summed E-state index contributed by atoms with van der Waals surface area (Å²) in [5.41, 5.74) is 2.81. The third-order valence-electron chi connectivity index (χ3n) is 5.15. The van der Waals surface area contributed by atoms with Crippen LogP contribution in [0.5, 0.6) is 5.75 Å². The van der Waals surface area contributed by atoms with E-state index >= 15 is 0 Å². The smallest absolute Gasteiger partial charge is 0.275 e. The van der Waals surface area contributed by atoms with Crippen molar-refractivity contribution < 1.29 is 9.53 Å². The van der Waals surface area contributed by atoms with Gasteiger partial charge in [-0.25, -0.2) is 4.98 Å². The first-order valence-corrected chi connectivity index (χ1v) is 11.6. The topological polar surface area (TPSA) is 85.6 Å². The fraction of sp³-hybridized carbons (Fsp3) is 0.280. The molecule has 0 fully saturated rings. The van der Waals surface area contributed by atoms with Crippen LogP contribution in [0.1, 0.15) is 54.3 Å². The van der Waals surface area contributed by atoms with Gasteiger partial charge in [0.1, 0.15) is 17.4 Å². The molecule has 4 rings (SSSR count). The Labute approximate surface area is 196 Å². The van der Waals surface area contributed by atoms with Gasteiger partial charge >= 0.3 is 0 Å². The number of nitrogens with one attached hydrogen (secondary N) is 1. The van der Waals surface area contributed by atoms with E-state index in [0.29, 0.717) is 27.7 Å². The molecule has 0 aliphatic rings. The number of amides is 1. The predicted molar refractivity (Wildman–Crippen MR) is 130 cm³/mol. The molecule has 7 nitrogen and oxygen atoms in total. The molecule has 2 heterocycles. The zero-order chi connectivity index (χ0) is 23.6. The van der Waals surface area contributed by atoms with Crippen LogP contribution in [0.25, 0.3) is 4.96 Å². The van der Waals surface area contributed by atoms with E-state index in [-0.39, 0.29) is 23.5 Å². The molecule has 4 aromatic rings. The van der Waals surface area contributed by atoms with Crippen LogP contribution in [0.15, 0.2) is 59.4 Å². The molecule has 0 spiro atoms. The van der Waals surface area contributed by atoms with Crippen molar-refractivity contribution >= 4 is 27.9 Å². The van der Waals surface area contributed by atoms with Crippen LogP contribution in [0.2, 0.25) is 0 Å². The summed E-state index contributed by atoms with van der Waals surface area (Å²) < 4.78 is 7.10. The number of anilines is 1. The van der Waals surface area contributed by atoms with Crippen molar-refractivity contribution in [2.45, 2.75) is 46.1 Å². The summed E-state index contributed by atoms with van der Waals surface area (Å²) in [5, 5.41) is 8.00. The zero-order valence-corrected chi connectivity index (χ0v) is 19.9. The van der Waals surface area contributed by atoms with Gasteiger partial charge in [0.05, 0.1) is 5.69 Å². The number of rotatable bonds is 6. The first-order chi connectivity index (χ1) is 15.7. The summed E-state index contributed by atoms with van der Waals surface area (Å²) >= 11 is 1.40. The molecule has 2 aromatic heterocycles. The van der Waals surface area contributed by atoms with E-state index in [1.54, 1.807) is 24.3 Å². The first-order valence-electron chi connectivity index (χ1n) is 10.8. The van der Waals surface area contributed by atoms with E-state index < -0.39 is 0 Å². The third kappa shape index (κ3) is 5.28. The van der Waals surface area contributed by atoms with Gasteiger partial charge in [0.25, 0.3) is 11.5 Å². The number of benzene rings is 2. The van der Waals surface area contributed by atoms with Crippen molar-refractivity contribution in [1.29, 1.82) is 0 Å². The lowest BCUT2D eigenvalue weighted by molar-refractivity contribution is 0.102. The largest absolute Gasteiger partial charge is 0.487 e. The van der Waals surface area contributed by atoms with Gasteiger partial charge in [-0.15, -0.1) is 0 Å². The lowest BCUT2D eigenvalue weighted by atomic mass is 9.87. The second-order valence-corrected chi connectivity index (χ2v) is 9.76. The number of fused-ring (bicyclic) bond motifs is 1. The molecule has 1 N–H and O–H groups in total. The van der Waals surface area contributed by atoms with Crippen LogP contribution in [0.3, 0.4) is 0 Å². The van der Waals surface area contributed by atoms with Gasteiger partial charge in [-0.05, 0) is 53.8 Å². The molecule has 0 saturated heterocycles. The molecule has 0 aliphatic heterocycles. The highest BCUT2D eigenvalue weighted by molar-refractivity contribution is 7.16. The molecule has 2 aromatic carbocycles. The number of hydrogen-bond acceptors (Lipinski definition) is 6. The highest BCUT2D eigenvalue weighted by atomic mass is 32.1. The van der Waals surface area contributed by atoms with Gasteiger partial charge in [0.15, 0.2) is 0 Å². The van der Waals surface area contributed by atoms with Crippen LogP contribution in [-0.2, 0) is 18.4 Å². The summed E-state index contributed by atoms with van der Waals surface area (Å²) in [7, 11) is 0. The maximum absolute atomic E-state index is 12.5. The first kappa shape index (κ1) is 22.7. The lowest BCUT2D eigenvalue weighted by Gasteiger charge is -2.19. The van der Waals surface area contributed by atoms with Gasteiger partial charge in [0.2, 0.25) is 4.96 Å². The highest BCUT2D eigenvalue weighted by Gasteiger charge is 2.14. The zero-order valence-electron chi connectivity index (χ0n) is 19.1. The summed E-state index contributed by atoms with van der Waals surface area (Å²) in [6, 6.07) is 16.2. The Hall–Kier alpha value is -3.52. The van der Waals surface area contributed by atoms with Crippen LogP contribution in [-0.4, -0.2) is 20.5 Å². The molecule has 0 unspecified atom stereocenters. The summed E-state index contributed by atoms with van der Waals surface area (Å²) in [6.07, 6.45) is 0.754. The Bertz CT molecular complexity index is 1330. The van der Waals surface area contributed by atoms with Crippen LogP contribution in [0.4, 0.5) is 5.69 Å². The van der Waals surface area contributed by atoms with Crippen LogP contribution in [0, 0.1) is 0 Å².